The minimum absolute atomic E-state index is 0.0634. The van der Waals surface area contributed by atoms with Crippen LogP contribution in [0.1, 0.15) is 5.56 Å². The van der Waals surface area contributed by atoms with E-state index in [0.717, 1.165) is 19.6 Å². The number of aromatic nitrogens is 2. The first-order chi connectivity index (χ1) is 13.7. The minimum atomic E-state index is -0.300. The van der Waals surface area contributed by atoms with Gasteiger partial charge in [0.2, 0.25) is 5.91 Å². The van der Waals surface area contributed by atoms with Crippen LogP contribution in [-0.2, 0) is 17.9 Å². The molecule has 1 saturated heterocycles. The van der Waals surface area contributed by atoms with Crippen molar-refractivity contribution in [2.24, 2.45) is 0 Å². The predicted molar refractivity (Wildman–Crippen MR) is 104 cm³/mol. The maximum atomic E-state index is 12.7. The molecule has 1 aromatic carbocycles. The van der Waals surface area contributed by atoms with Crippen molar-refractivity contribution in [3.63, 3.8) is 0 Å². The number of piperazine rings is 1. The molecule has 2 aromatic heterocycles. The zero-order valence-corrected chi connectivity index (χ0v) is 15.5. The highest BCUT2D eigenvalue weighted by molar-refractivity contribution is 5.76. The summed E-state index contributed by atoms with van der Waals surface area (Å²) in [6.07, 6.45) is 1.55. The summed E-state index contributed by atoms with van der Waals surface area (Å²) in [7, 11) is 0. The van der Waals surface area contributed by atoms with Crippen LogP contribution < -0.4 is 5.56 Å². The lowest BCUT2D eigenvalue weighted by Gasteiger charge is -2.34. The fraction of sp³-hybridized carbons (Fsp3) is 0.286. The zero-order valence-electron chi connectivity index (χ0n) is 15.5. The molecule has 7 heteroatoms. The van der Waals surface area contributed by atoms with Gasteiger partial charge in [-0.15, -0.1) is 0 Å². The lowest BCUT2D eigenvalue weighted by molar-refractivity contribution is -0.133. The Kier molecular flexibility index (Phi) is 5.34. The second-order valence-electron chi connectivity index (χ2n) is 6.83. The third-order valence-electron chi connectivity index (χ3n) is 4.90. The Bertz CT molecular complexity index is 974. The standard InChI is InChI=1S/C21H22N4O3/c26-20-9-8-18(19-7-4-14-28-19)22-25(20)16-21(27)24-12-10-23(11-13-24)15-17-5-2-1-3-6-17/h1-9,14H,10-13,15-16H2. The second-order valence-corrected chi connectivity index (χ2v) is 6.83. The van der Waals surface area contributed by atoms with Gasteiger partial charge in [-0.2, -0.15) is 5.10 Å². The van der Waals surface area contributed by atoms with Crippen LogP contribution in [0, 0.1) is 0 Å². The number of furan rings is 1. The Hall–Kier alpha value is -3.19. The van der Waals surface area contributed by atoms with Crippen LogP contribution >= 0.6 is 0 Å². The molecule has 1 fully saturated rings. The second kappa shape index (κ2) is 8.22. The molecule has 7 nitrogen and oxygen atoms in total. The van der Waals surface area contributed by atoms with Gasteiger partial charge >= 0.3 is 0 Å². The SMILES string of the molecule is O=C(Cn1nc(-c2ccco2)ccc1=O)N1CCN(Cc2ccccc2)CC1. The van der Waals surface area contributed by atoms with Crippen LogP contribution in [0.5, 0.6) is 0 Å². The third kappa shape index (κ3) is 4.20. The Balaban J connectivity index is 1.36. The molecular formula is C21H22N4O3. The number of hydrogen-bond donors (Lipinski definition) is 0. The van der Waals surface area contributed by atoms with Crippen LogP contribution in [0.4, 0.5) is 0 Å². The van der Waals surface area contributed by atoms with Gasteiger partial charge in [0.15, 0.2) is 5.76 Å². The van der Waals surface area contributed by atoms with Crippen molar-refractivity contribution in [1.82, 2.24) is 19.6 Å². The number of nitrogens with zero attached hydrogens (tertiary/aromatic N) is 4. The van der Waals surface area contributed by atoms with Crippen LogP contribution in [-0.4, -0.2) is 51.7 Å². The molecular weight excluding hydrogens is 356 g/mol. The van der Waals surface area contributed by atoms with Crippen LogP contribution in [0.15, 0.2) is 70.1 Å². The van der Waals surface area contributed by atoms with E-state index in [1.807, 2.05) is 18.2 Å². The predicted octanol–water partition coefficient (Wildman–Crippen LogP) is 1.85. The number of benzene rings is 1. The molecule has 0 bridgehead atoms. The molecule has 0 N–H and O–H groups in total. The molecule has 28 heavy (non-hydrogen) atoms. The van der Waals surface area contributed by atoms with Gasteiger partial charge in [-0.25, -0.2) is 4.68 Å². The van der Waals surface area contributed by atoms with Crippen molar-refractivity contribution in [2.45, 2.75) is 13.1 Å². The summed E-state index contributed by atoms with van der Waals surface area (Å²) in [5, 5.41) is 4.27. The fourth-order valence-electron chi connectivity index (χ4n) is 3.34. The largest absolute Gasteiger partial charge is 0.463 e. The van der Waals surface area contributed by atoms with Gasteiger partial charge in [0.1, 0.15) is 12.2 Å². The molecule has 0 spiro atoms. The molecule has 0 atom stereocenters. The highest BCUT2D eigenvalue weighted by Crippen LogP contribution is 2.15. The van der Waals surface area contributed by atoms with Gasteiger partial charge in [0.05, 0.1) is 6.26 Å². The molecule has 0 radical (unpaired) electrons. The van der Waals surface area contributed by atoms with Crippen molar-refractivity contribution in [1.29, 1.82) is 0 Å². The van der Waals surface area contributed by atoms with E-state index in [-0.39, 0.29) is 18.0 Å². The van der Waals surface area contributed by atoms with E-state index in [0.29, 0.717) is 24.5 Å². The maximum Gasteiger partial charge on any atom is 0.267 e. The summed E-state index contributed by atoms with van der Waals surface area (Å²) in [6.45, 7) is 3.75. The Morgan fingerprint density at radius 2 is 1.75 bits per heavy atom. The summed E-state index contributed by atoms with van der Waals surface area (Å²) in [6, 6.07) is 16.9. The molecule has 1 amide bonds. The number of rotatable bonds is 5. The summed E-state index contributed by atoms with van der Waals surface area (Å²) < 4.78 is 6.52. The maximum absolute atomic E-state index is 12.7. The molecule has 144 valence electrons. The highest BCUT2D eigenvalue weighted by atomic mass is 16.3. The van der Waals surface area contributed by atoms with E-state index < -0.39 is 0 Å². The van der Waals surface area contributed by atoms with E-state index in [1.54, 1.807) is 29.4 Å². The van der Waals surface area contributed by atoms with E-state index in [1.165, 1.54) is 16.3 Å². The summed E-state index contributed by atoms with van der Waals surface area (Å²) >= 11 is 0. The molecule has 1 aliphatic heterocycles. The Morgan fingerprint density at radius 3 is 2.46 bits per heavy atom. The van der Waals surface area contributed by atoms with Gasteiger partial charge in [0.25, 0.3) is 5.56 Å². The average Bonchev–Trinajstić information content (AvgIpc) is 3.26. The van der Waals surface area contributed by atoms with E-state index in [2.05, 4.69) is 22.1 Å². The van der Waals surface area contributed by atoms with E-state index >= 15 is 0 Å². The van der Waals surface area contributed by atoms with Crippen molar-refractivity contribution < 1.29 is 9.21 Å². The Labute approximate surface area is 162 Å². The first-order valence-electron chi connectivity index (χ1n) is 9.35. The van der Waals surface area contributed by atoms with Gasteiger partial charge in [-0.3, -0.25) is 14.5 Å². The molecule has 4 rings (SSSR count). The zero-order chi connectivity index (χ0) is 19.3. The average molecular weight is 378 g/mol. The molecule has 0 saturated carbocycles. The fourth-order valence-corrected chi connectivity index (χ4v) is 3.34. The number of carbonyl (C=O) groups is 1. The molecule has 3 aromatic rings. The van der Waals surface area contributed by atoms with Crippen molar-refractivity contribution >= 4 is 5.91 Å². The summed E-state index contributed by atoms with van der Waals surface area (Å²) in [4.78, 5) is 28.9. The van der Waals surface area contributed by atoms with Crippen molar-refractivity contribution in [3.05, 3.63) is 76.8 Å². The first kappa shape index (κ1) is 18.2. The minimum Gasteiger partial charge on any atom is -0.463 e. The van der Waals surface area contributed by atoms with Crippen LogP contribution in [0.3, 0.4) is 0 Å². The lowest BCUT2D eigenvalue weighted by Crippen LogP contribution is -2.49. The van der Waals surface area contributed by atoms with Crippen molar-refractivity contribution in [2.75, 3.05) is 26.2 Å². The molecule has 0 unspecified atom stereocenters. The van der Waals surface area contributed by atoms with Gasteiger partial charge in [0, 0.05) is 38.8 Å². The first-order valence-corrected chi connectivity index (χ1v) is 9.35. The van der Waals surface area contributed by atoms with Gasteiger partial charge < -0.3 is 9.32 Å². The summed E-state index contributed by atoms with van der Waals surface area (Å²) in [5.41, 5.74) is 1.50. The monoisotopic (exact) mass is 378 g/mol. The number of amides is 1. The van der Waals surface area contributed by atoms with Gasteiger partial charge in [-0.05, 0) is 23.8 Å². The normalized spacial score (nSPS) is 14.9. The number of carbonyl (C=O) groups excluding carboxylic acids is 1. The quantitative estimate of drug-likeness (QED) is 0.678. The van der Waals surface area contributed by atoms with Crippen LogP contribution in [0.25, 0.3) is 11.5 Å². The van der Waals surface area contributed by atoms with E-state index in [9.17, 15) is 9.59 Å². The Morgan fingerprint density at radius 1 is 0.964 bits per heavy atom. The molecule has 0 aliphatic carbocycles. The lowest BCUT2D eigenvalue weighted by atomic mass is 10.2. The molecule has 3 heterocycles. The van der Waals surface area contributed by atoms with Crippen molar-refractivity contribution in [3.8, 4) is 11.5 Å². The smallest absolute Gasteiger partial charge is 0.267 e. The third-order valence-corrected chi connectivity index (χ3v) is 4.90. The van der Waals surface area contributed by atoms with Gasteiger partial charge in [-0.1, -0.05) is 30.3 Å². The topological polar surface area (TPSA) is 71.6 Å². The highest BCUT2D eigenvalue weighted by Gasteiger charge is 2.22. The van der Waals surface area contributed by atoms with E-state index in [4.69, 9.17) is 4.42 Å². The number of hydrogen-bond acceptors (Lipinski definition) is 5. The summed E-state index contributed by atoms with van der Waals surface area (Å²) in [5.74, 6) is 0.473. The molecule has 1 aliphatic rings. The van der Waals surface area contributed by atoms with Crippen LogP contribution in [0.2, 0.25) is 0 Å².